The van der Waals surface area contributed by atoms with Gasteiger partial charge in [0.25, 0.3) is 5.56 Å². The highest BCUT2D eigenvalue weighted by molar-refractivity contribution is 5.89. The molecule has 148 valence electrons. The van der Waals surface area contributed by atoms with Crippen LogP contribution in [-0.2, 0) is 31.4 Å². The molecule has 0 unspecified atom stereocenters. The molecule has 29 heavy (non-hydrogen) atoms. The lowest BCUT2D eigenvalue weighted by Crippen LogP contribution is -2.28. The zero-order chi connectivity index (χ0) is 20.4. The SMILES string of the molecule is CCc1ccc(Cn2nccc2NC(=O)Cn2cnc3c(cnn3C)c2=O)cc1. The predicted molar refractivity (Wildman–Crippen MR) is 109 cm³/mol. The number of benzene rings is 1. The van der Waals surface area contributed by atoms with E-state index in [0.29, 0.717) is 23.4 Å². The molecule has 0 saturated carbocycles. The second kappa shape index (κ2) is 7.70. The number of amides is 1. The lowest BCUT2D eigenvalue weighted by atomic mass is 10.1. The van der Waals surface area contributed by atoms with Gasteiger partial charge in [-0.25, -0.2) is 9.67 Å². The van der Waals surface area contributed by atoms with Crippen molar-refractivity contribution in [3.8, 4) is 0 Å². The smallest absolute Gasteiger partial charge is 0.264 e. The Balaban J connectivity index is 1.47. The first-order valence-corrected chi connectivity index (χ1v) is 9.31. The van der Waals surface area contributed by atoms with Crippen LogP contribution in [0.4, 0.5) is 5.82 Å². The molecular weight excluding hydrogens is 370 g/mol. The van der Waals surface area contributed by atoms with E-state index in [9.17, 15) is 9.59 Å². The molecule has 1 amide bonds. The average Bonchev–Trinajstić information content (AvgIpc) is 3.31. The van der Waals surface area contributed by atoms with Gasteiger partial charge in [-0.2, -0.15) is 10.2 Å². The number of nitrogens with one attached hydrogen (secondary N) is 1. The van der Waals surface area contributed by atoms with Crippen molar-refractivity contribution in [1.82, 2.24) is 29.1 Å². The molecule has 0 saturated heterocycles. The first-order valence-electron chi connectivity index (χ1n) is 9.31. The molecule has 4 rings (SSSR count). The molecule has 0 aliphatic heterocycles. The lowest BCUT2D eigenvalue weighted by Gasteiger charge is -2.10. The third-order valence-electron chi connectivity index (χ3n) is 4.78. The number of aryl methyl sites for hydroxylation is 2. The maximum Gasteiger partial charge on any atom is 0.264 e. The summed E-state index contributed by atoms with van der Waals surface area (Å²) in [4.78, 5) is 29.2. The van der Waals surface area contributed by atoms with Gasteiger partial charge in [-0.3, -0.25) is 18.8 Å². The maximum atomic E-state index is 12.5. The summed E-state index contributed by atoms with van der Waals surface area (Å²) in [5.41, 5.74) is 2.54. The summed E-state index contributed by atoms with van der Waals surface area (Å²) in [6, 6.07) is 10.0. The van der Waals surface area contributed by atoms with Crippen LogP contribution >= 0.6 is 0 Å². The third kappa shape index (κ3) is 3.79. The minimum Gasteiger partial charge on any atom is -0.309 e. The number of aromatic nitrogens is 6. The van der Waals surface area contributed by atoms with Gasteiger partial charge >= 0.3 is 0 Å². The fraction of sp³-hybridized carbons (Fsp3) is 0.250. The van der Waals surface area contributed by atoms with E-state index in [1.54, 1.807) is 24.0 Å². The molecule has 9 heteroatoms. The first kappa shape index (κ1) is 18.6. The van der Waals surface area contributed by atoms with Crippen LogP contribution in [-0.4, -0.2) is 35.0 Å². The quantitative estimate of drug-likeness (QED) is 0.538. The fourth-order valence-electron chi connectivity index (χ4n) is 3.13. The van der Waals surface area contributed by atoms with Gasteiger partial charge in [0.15, 0.2) is 5.65 Å². The average molecular weight is 391 g/mol. The zero-order valence-corrected chi connectivity index (χ0v) is 16.2. The molecule has 1 N–H and O–H groups in total. The van der Waals surface area contributed by atoms with E-state index in [-0.39, 0.29) is 18.0 Å². The third-order valence-corrected chi connectivity index (χ3v) is 4.78. The summed E-state index contributed by atoms with van der Waals surface area (Å²) in [5, 5.41) is 11.5. The standard InChI is InChI=1S/C20H21N7O2/c1-3-14-4-6-15(7-5-14)11-27-17(8-9-22-27)24-18(28)12-26-13-21-19-16(20(26)29)10-23-25(19)2/h4-10,13H,3,11-12H2,1-2H3,(H,24,28). The van der Waals surface area contributed by atoms with Crippen LogP contribution in [0.3, 0.4) is 0 Å². The number of nitrogens with zero attached hydrogens (tertiary/aromatic N) is 6. The summed E-state index contributed by atoms with van der Waals surface area (Å²) in [6.07, 6.45) is 5.43. The number of carbonyl (C=O) groups is 1. The van der Waals surface area contributed by atoms with Gasteiger partial charge in [0.05, 0.1) is 18.9 Å². The normalized spacial score (nSPS) is 11.1. The number of anilines is 1. The van der Waals surface area contributed by atoms with E-state index >= 15 is 0 Å². The molecule has 3 aromatic heterocycles. The summed E-state index contributed by atoms with van der Waals surface area (Å²) in [6.45, 7) is 2.51. The molecule has 0 aliphatic rings. The first-order chi connectivity index (χ1) is 14.0. The van der Waals surface area contributed by atoms with Crippen molar-refractivity contribution in [1.29, 1.82) is 0 Å². The van der Waals surface area contributed by atoms with Gasteiger partial charge in [0.2, 0.25) is 5.91 Å². The van der Waals surface area contributed by atoms with E-state index in [1.807, 2.05) is 0 Å². The van der Waals surface area contributed by atoms with E-state index in [1.165, 1.54) is 27.3 Å². The molecule has 0 radical (unpaired) electrons. The van der Waals surface area contributed by atoms with Crippen molar-refractivity contribution < 1.29 is 4.79 Å². The summed E-state index contributed by atoms with van der Waals surface area (Å²) in [7, 11) is 1.71. The lowest BCUT2D eigenvalue weighted by molar-refractivity contribution is -0.116. The molecule has 0 atom stereocenters. The second-order valence-electron chi connectivity index (χ2n) is 6.78. The zero-order valence-electron chi connectivity index (χ0n) is 16.2. The fourth-order valence-corrected chi connectivity index (χ4v) is 3.13. The number of hydrogen-bond donors (Lipinski definition) is 1. The van der Waals surface area contributed by atoms with Crippen LogP contribution in [0.5, 0.6) is 0 Å². The van der Waals surface area contributed by atoms with Gasteiger partial charge in [-0.1, -0.05) is 31.2 Å². The molecule has 0 spiro atoms. The highest BCUT2D eigenvalue weighted by atomic mass is 16.2. The molecule has 3 heterocycles. The number of fused-ring (bicyclic) bond motifs is 1. The van der Waals surface area contributed by atoms with Crippen LogP contribution in [0.2, 0.25) is 0 Å². The van der Waals surface area contributed by atoms with Gasteiger partial charge in [0.1, 0.15) is 24.1 Å². The minimum absolute atomic E-state index is 0.146. The molecule has 4 aromatic rings. The monoisotopic (exact) mass is 391 g/mol. The Labute approximate surface area is 166 Å². The predicted octanol–water partition coefficient (Wildman–Crippen LogP) is 1.58. The van der Waals surface area contributed by atoms with Crippen molar-refractivity contribution >= 4 is 22.8 Å². The Bertz CT molecular complexity index is 1220. The Hall–Kier alpha value is -3.75. The van der Waals surface area contributed by atoms with Crippen molar-refractivity contribution in [2.75, 3.05) is 5.32 Å². The second-order valence-corrected chi connectivity index (χ2v) is 6.78. The summed E-state index contributed by atoms with van der Waals surface area (Å²) >= 11 is 0. The minimum atomic E-state index is -0.333. The van der Waals surface area contributed by atoms with Crippen LogP contribution in [0.1, 0.15) is 18.1 Å². The van der Waals surface area contributed by atoms with Gasteiger partial charge in [-0.05, 0) is 17.5 Å². The van der Waals surface area contributed by atoms with Crippen molar-refractivity contribution in [3.63, 3.8) is 0 Å². The van der Waals surface area contributed by atoms with Crippen LogP contribution in [0.15, 0.2) is 53.8 Å². The van der Waals surface area contributed by atoms with Crippen LogP contribution in [0, 0.1) is 0 Å². The molecule has 0 fully saturated rings. The van der Waals surface area contributed by atoms with E-state index in [0.717, 1.165) is 12.0 Å². The Morgan fingerprint density at radius 2 is 1.86 bits per heavy atom. The highest BCUT2D eigenvalue weighted by Gasteiger charge is 2.12. The number of carbonyl (C=O) groups excluding carboxylic acids is 1. The topological polar surface area (TPSA) is 99.6 Å². The molecule has 9 nitrogen and oxygen atoms in total. The van der Waals surface area contributed by atoms with Crippen molar-refractivity contribution in [2.45, 2.75) is 26.4 Å². The summed E-state index contributed by atoms with van der Waals surface area (Å²) in [5.74, 6) is 0.234. The van der Waals surface area contributed by atoms with Crippen molar-refractivity contribution in [3.05, 3.63) is 70.5 Å². The molecule has 0 bridgehead atoms. The van der Waals surface area contributed by atoms with Gasteiger partial charge < -0.3 is 5.32 Å². The van der Waals surface area contributed by atoms with Crippen LogP contribution in [0.25, 0.3) is 11.0 Å². The summed E-state index contributed by atoms with van der Waals surface area (Å²) < 4.78 is 4.50. The van der Waals surface area contributed by atoms with Gasteiger partial charge in [0, 0.05) is 13.1 Å². The largest absolute Gasteiger partial charge is 0.309 e. The van der Waals surface area contributed by atoms with Crippen molar-refractivity contribution in [2.24, 2.45) is 7.05 Å². The maximum absolute atomic E-state index is 12.5. The van der Waals surface area contributed by atoms with E-state index in [2.05, 4.69) is 51.7 Å². The van der Waals surface area contributed by atoms with E-state index < -0.39 is 0 Å². The number of hydrogen-bond acceptors (Lipinski definition) is 5. The molecule has 1 aromatic carbocycles. The Morgan fingerprint density at radius 3 is 2.62 bits per heavy atom. The molecule has 0 aliphatic carbocycles. The Morgan fingerprint density at radius 1 is 1.10 bits per heavy atom. The Kier molecular flexibility index (Phi) is 4.94. The van der Waals surface area contributed by atoms with Crippen LogP contribution < -0.4 is 10.9 Å². The molecular formula is C20H21N7O2. The number of rotatable bonds is 6. The highest BCUT2D eigenvalue weighted by Crippen LogP contribution is 2.12. The van der Waals surface area contributed by atoms with Gasteiger partial charge in [-0.15, -0.1) is 0 Å². The van der Waals surface area contributed by atoms with E-state index in [4.69, 9.17) is 0 Å².